The van der Waals surface area contributed by atoms with Crippen LogP contribution in [0, 0.1) is 0 Å². The van der Waals surface area contributed by atoms with Gasteiger partial charge in [0.15, 0.2) is 5.11 Å². The molecule has 2 rings (SSSR count). The van der Waals surface area contributed by atoms with Gasteiger partial charge in [0.05, 0.1) is 17.5 Å². The Balaban J connectivity index is 2.32. The van der Waals surface area contributed by atoms with Crippen LogP contribution in [0.25, 0.3) is 5.69 Å². The third kappa shape index (κ3) is 3.21. The van der Waals surface area contributed by atoms with Gasteiger partial charge in [0.2, 0.25) is 0 Å². The molecule has 0 bridgehead atoms. The standard InChI is InChI=1S/C13H12N4O2S/c14-13(20)16-15-8-11-5-2-6-17(11)10-4-1-3-9(7-10)12(18)19/h1-8H,(H,18,19)(H3,14,16,20)/b15-8-. The van der Waals surface area contributed by atoms with Gasteiger partial charge in [0.25, 0.3) is 0 Å². The van der Waals surface area contributed by atoms with Gasteiger partial charge >= 0.3 is 5.97 Å². The minimum absolute atomic E-state index is 0.0761. The second-order valence-corrected chi connectivity index (χ2v) is 4.33. The van der Waals surface area contributed by atoms with Crippen molar-refractivity contribution in [3.63, 3.8) is 0 Å². The number of nitrogens with zero attached hydrogens (tertiary/aromatic N) is 2. The summed E-state index contributed by atoms with van der Waals surface area (Å²) in [7, 11) is 0. The highest BCUT2D eigenvalue weighted by Crippen LogP contribution is 2.13. The van der Waals surface area contributed by atoms with Crippen LogP contribution in [0.3, 0.4) is 0 Å². The Labute approximate surface area is 120 Å². The number of nitrogens with two attached hydrogens (primary N) is 1. The second kappa shape index (κ2) is 5.98. The number of thiocarbonyl (C=S) groups is 1. The highest BCUT2D eigenvalue weighted by atomic mass is 32.1. The van der Waals surface area contributed by atoms with E-state index in [-0.39, 0.29) is 10.7 Å². The Morgan fingerprint density at radius 1 is 1.40 bits per heavy atom. The molecule has 1 aromatic heterocycles. The lowest BCUT2D eigenvalue weighted by Gasteiger charge is -2.07. The van der Waals surface area contributed by atoms with Crippen LogP contribution in [0.5, 0.6) is 0 Å². The van der Waals surface area contributed by atoms with Crippen LogP contribution in [-0.4, -0.2) is 27.0 Å². The first-order valence-corrected chi connectivity index (χ1v) is 6.08. The number of hydrogen-bond acceptors (Lipinski definition) is 3. The van der Waals surface area contributed by atoms with Gasteiger partial charge in [0, 0.05) is 11.9 Å². The van der Waals surface area contributed by atoms with Gasteiger partial charge in [0.1, 0.15) is 0 Å². The van der Waals surface area contributed by atoms with E-state index in [0.717, 1.165) is 11.4 Å². The zero-order valence-corrected chi connectivity index (χ0v) is 11.2. The van der Waals surface area contributed by atoms with Crippen molar-refractivity contribution in [2.75, 3.05) is 0 Å². The van der Waals surface area contributed by atoms with Gasteiger partial charge in [-0.15, -0.1) is 0 Å². The number of carbonyl (C=O) groups is 1. The fourth-order valence-electron chi connectivity index (χ4n) is 1.69. The van der Waals surface area contributed by atoms with E-state index in [1.54, 1.807) is 22.9 Å². The third-order valence-electron chi connectivity index (χ3n) is 2.52. The first-order valence-electron chi connectivity index (χ1n) is 5.67. The predicted octanol–water partition coefficient (Wildman–Crippen LogP) is 1.34. The van der Waals surface area contributed by atoms with Crippen molar-refractivity contribution in [1.29, 1.82) is 0 Å². The lowest BCUT2D eigenvalue weighted by atomic mass is 10.2. The molecule has 2 aromatic rings. The van der Waals surface area contributed by atoms with Crippen molar-refractivity contribution >= 4 is 29.5 Å². The van der Waals surface area contributed by atoms with E-state index in [4.69, 9.17) is 10.8 Å². The molecule has 0 amide bonds. The van der Waals surface area contributed by atoms with Crippen molar-refractivity contribution < 1.29 is 9.90 Å². The Bertz CT molecular complexity index is 679. The smallest absolute Gasteiger partial charge is 0.335 e. The quantitative estimate of drug-likeness (QED) is 0.448. The fourth-order valence-corrected chi connectivity index (χ4v) is 1.74. The molecule has 0 aliphatic heterocycles. The van der Waals surface area contributed by atoms with Crippen molar-refractivity contribution in [2.24, 2.45) is 10.8 Å². The molecule has 6 nitrogen and oxygen atoms in total. The maximum absolute atomic E-state index is 11.0. The normalized spacial score (nSPS) is 10.6. The minimum Gasteiger partial charge on any atom is -0.478 e. The zero-order chi connectivity index (χ0) is 14.5. The Kier molecular flexibility index (Phi) is 4.11. The van der Waals surface area contributed by atoms with Crippen molar-refractivity contribution in [1.82, 2.24) is 9.99 Å². The maximum atomic E-state index is 11.0. The molecule has 0 aliphatic rings. The summed E-state index contributed by atoms with van der Waals surface area (Å²) in [5.74, 6) is -0.968. The van der Waals surface area contributed by atoms with Crippen LogP contribution in [0.15, 0.2) is 47.7 Å². The summed E-state index contributed by atoms with van der Waals surface area (Å²) in [5.41, 5.74) is 9.44. The van der Waals surface area contributed by atoms with E-state index in [9.17, 15) is 4.79 Å². The summed E-state index contributed by atoms with van der Waals surface area (Å²) in [6, 6.07) is 10.3. The minimum atomic E-state index is -0.968. The summed E-state index contributed by atoms with van der Waals surface area (Å²) >= 11 is 4.64. The van der Waals surface area contributed by atoms with Gasteiger partial charge in [-0.3, -0.25) is 5.43 Å². The van der Waals surface area contributed by atoms with Crippen LogP contribution in [0.1, 0.15) is 16.1 Å². The molecule has 0 fully saturated rings. The molecule has 1 heterocycles. The first kappa shape index (κ1) is 13.8. The Hall–Kier alpha value is -2.67. The number of rotatable bonds is 4. The maximum Gasteiger partial charge on any atom is 0.335 e. The van der Waals surface area contributed by atoms with Crippen molar-refractivity contribution in [3.8, 4) is 5.69 Å². The van der Waals surface area contributed by atoms with Gasteiger partial charge in [-0.05, 0) is 42.5 Å². The van der Waals surface area contributed by atoms with E-state index in [0.29, 0.717) is 0 Å². The number of benzene rings is 1. The molecule has 0 spiro atoms. The first-order chi connectivity index (χ1) is 9.58. The average Bonchev–Trinajstić information content (AvgIpc) is 2.87. The summed E-state index contributed by atoms with van der Waals surface area (Å²) in [6.45, 7) is 0. The summed E-state index contributed by atoms with van der Waals surface area (Å²) in [4.78, 5) is 11.0. The molecule has 4 N–H and O–H groups in total. The predicted molar refractivity (Wildman–Crippen MR) is 80.2 cm³/mol. The van der Waals surface area contributed by atoms with Gasteiger partial charge in [-0.2, -0.15) is 5.10 Å². The van der Waals surface area contributed by atoms with E-state index >= 15 is 0 Å². The van der Waals surface area contributed by atoms with E-state index in [1.807, 2.05) is 24.4 Å². The highest BCUT2D eigenvalue weighted by Gasteiger charge is 2.06. The van der Waals surface area contributed by atoms with Crippen LogP contribution in [0.2, 0.25) is 0 Å². The fraction of sp³-hybridized carbons (Fsp3) is 0. The summed E-state index contributed by atoms with van der Waals surface area (Å²) < 4.78 is 1.80. The van der Waals surface area contributed by atoms with Crippen LogP contribution in [0.4, 0.5) is 0 Å². The average molecular weight is 288 g/mol. The van der Waals surface area contributed by atoms with Crippen LogP contribution >= 0.6 is 12.2 Å². The van der Waals surface area contributed by atoms with Crippen molar-refractivity contribution in [2.45, 2.75) is 0 Å². The Morgan fingerprint density at radius 3 is 2.90 bits per heavy atom. The van der Waals surface area contributed by atoms with Gasteiger partial charge in [-0.25, -0.2) is 4.79 Å². The lowest BCUT2D eigenvalue weighted by molar-refractivity contribution is 0.0697. The molecule has 1 aromatic carbocycles. The molecular formula is C13H12N4O2S. The molecule has 102 valence electrons. The number of carboxylic acid groups (broad SMARTS) is 1. The largest absolute Gasteiger partial charge is 0.478 e. The van der Waals surface area contributed by atoms with E-state index in [1.165, 1.54) is 6.07 Å². The number of nitrogens with one attached hydrogen (secondary N) is 1. The molecule has 0 radical (unpaired) electrons. The molecular weight excluding hydrogens is 276 g/mol. The van der Waals surface area contributed by atoms with Crippen LogP contribution in [-0.2, 0) is 0 Å². The third-order valence-corrected chi connectivity index (χ3v) is 2.61. The topological polar surface area (TPSA) is 92.6 Å². The molecule has 0 atom stereocenters. The summed E-state index contributed by atoms with van der Waals surface area (Å²) in [5, 5.41) is 13.0. The van der Waals surface area contributed by atoms with E-state index < -0.39 is 5.97 Å². The number of aromatic carboxylic acids is 1. The lowest BCUT2D eigenvalue weighted by Crippen LogP contribution is -2.24. The molecule has 0 saturated carbocycles. The molecule has 0 unspecified atom stereocenters. The van der Waals surface area contributed by atoms with Crippen molar-refractivity contribution in [3.05, 3.63) is 53.9 Å². The monoisotopic (exact) mass is 288 g/mol. The number of hydrogen-bond donors (Lipinski definition) is 3. The van der Waals surface area contributed by atoms with E-state index in [2.05, 4.69) is 22.7 Å². The highest BCUT2D eigenvalue weighted by molar-refractivity contribution is 7.80. The SMILES string of the molecule is NC(=S)N/N=C\c1cccn1-c1cccc(C(=O)O)c1. The summed E-state index contributed by atoms with van der Waals surface area (Å²) in [6.07, 6.45) is 3.36. The molecule has 0 aliphatic carbocycles. The Morgan fingerprint density at radius 2 is 2.20 bits per heavy atom. The molecule has 20 heavy (non-hydrogen) atoms. The molecule has 7 heteroatoms. The second-order valence-electron chi connectivity index (χ2n) is 3.89. The number of hydrazone groups is 1. The molecule has 0 saturated heterocycles. The number of aromatic nitrogens is 1. The zero-order valence-electron chi connectivity index (χ0n) is 10.4. The van der Waals surface area contributed by atoms with Crippen LogP contribution < -0.4 is 11.2 Å². The number of carboxylic acids is 1. The van der Waals surface area contributed by atoms with Gasteiger partial charge in [-0.1, -0.05) is 6.07 Å². The van der Waals surface area contributed by atoms with Gasteiger partial charge < -0.3 is 15.4 Å².